The van der Waals surface area contributed by atoms with Crippen LogP contribution in [0.15, 0.2) is 35.0 Å². The summed E-state index contributed by atoms with van der Waals surface area (Å²) in [6.45, 7) is 3.71. The Morgan fingerprint density at radius 2 is 2.14 bits per heavy atom. The summed E-state index contributed by atoms with van der Waals surface area (Å²) in [6.07, 6.45) is 5.25. The van der Waals surface area contributed by atoms with Gasteiger partial charge in [0.2, 0.25) is 0 Å². The molecule has 1 atom stereocenters. The number of aromatic nitrogens is 3. The van der Waals surface area contributed by atoms with E-state index in [2.05, 4.69) is 26.3 Å². The van der Waals surface area contributed by atoms with Crippen molar-refractivity contribution < 1.29 is 14.0 Å². The minimum atomic E-state index is 0.229. The molecule has 1 aromatic carbocycles. The summed E-state index contributed by atoms with van der Waals surface area (Å²) in [5.74, 6) is 2.31. The molecule has 1 saturated heterocycles. The number of piperidine rings is 1. The predicted octanol–water partition coefficient (Wildman–Crippen LogP) is 4.12. The Labute approximate surface area is 164 Å². The van der Waals surface area contributed by atoms with E-state index in [0.717, 1.165) is 59.3 Å². The molecular formula is C21H26N4O3. The maximum atomic E-state index is 5.64. The molecule has 0 amide bonds. The molecule has 2 aromatic heterocycles. The zero-order valence-corrected chi connectivity index (χ0v) is 16.6. The topological polar surface area (TPSA) is 76.4 Å². The zero-order valence-electron chi connectivity index (χ0n) is 16.6. The molecule has 1 fully saturated rings. The Hall–Kier alpha value is -2.80. The number of likely N-dealkylation sites (tertiary alicyclic amines) is 1. The molecule has 3 heterocycles. The van der Waals surface area contributed by atoms with Crippen LogP contribution in [0.2, 0.25) is 0 Å². The Kier molecular flexibility index (Phi) is 5.34. The van der Waals surface area contributed by atoms with Gasteiger partial charge < -0.3 is 14.0 Å². The first-order valence-corrected chi connectivity index (χ1v) is 9.62. The van der Waals surface area contributed by atoms with Crippen molar-refractivity contribution in [2.24, 2.45) is 0 Å². The summed E-state index contributed by atoms with van der Waals surface area (Å²) in [6, 6.07) is 8.21. The van der Waals surface area contributed by atoms with E-state index >= 15 is 0 Å². The lowest BCUT2D eigenvalue weighted by Gasteiger charge is -2.35. The van der Waals surface area contributed by atoms with E-state index in [-0.39, 0.29) is 6.04 Å². The summed E-state index contributed by atoms with van der Waals surface area (Å²) < 4.78 is 16.6. The average Bonchev–Trinajstić information content (AvgIpc) is 3.37. The molecule has 7 heteroatoms. The summed E-state index contributed by atoms with van der Waals surface area (Å²) in [5, 5.41) is 11.5. The van der Waals surface area contributed by atoms with Crippen LogP contribution in [0.25, 0.3) is 11.3 Å². The highest BCUT2D eigenvalue weighted by molar-refractivity contribution is 5.60. The van der Waals surface area contributed by atoms with Crippen molar-refractivity contribution in [1.29, 1.82) is 0 Å². The summed E-state index contributed by atoms with van der Waals surface area (Å²) in [5.41, 5.74) is 4.04. The van der Waals surface area contributed by atoms with Crippen LogP contribution in [0, 0.1) is 6.92 Å². The number of hydrogen-bond donors (Lipinski definition) is 1. The number of nitrogens with one attached hydrogen (secondary N) is 1. The minimum absolute atomic E-state index is 0.229. The number of benzene rings is 1. The van der Waals surface area contributed by atoms with Crippen LogP contribution >= 0.6 is 0 Å². The second-order valence-corrected chi connectivity index (χ2v) is 7.16. The van der Waals surface area contributed by atoms with E-state index in [1.54, 1.807) is 14.2 Å². The van der Waals surface area contributed by atoms with Crippen LogP contribution in [0.3, 0.4) is 0 Å². The van der Waals surface area contributed by atoms with Gasteiger partial charge in [0.25, 0.3) is 0 Å². The molecule has 1 N–H and O–H groups in total. The van der Waals surface area contributed by atoms with Crippen molar-refractivity contribution in [3.63, 3.8) is 0 Å². The van der Waals surface area contributed by atoms with Crippen LogP contribution in [-0.2, 0) is 6.54 Å². The fourth-order valence-electron chi connectivity index (χ4n) is 4.04. The third-order valence-corrected chi connectivity index (χ3v) is 5.37. The molecule has 1 aliphatic heterocycles. The molecule has 148 valence electrons. The highest BCUT2D eigenvalue weighted by atomic mass is 16.5. The normalized spacial score (nSPS) is 17.6. The Balaban J connectivity index is 1.65. The van der Waals surface area contributed by atoms with Gasteiger partial charge in [-0.15, -0.1) is 0 Å². The van der Waals surface area contributed by atoms with E-state index in [0.29, 0.717) is 0 Å². The standard InChI is InChI=1S/C21H26N4O3/c1-14-11-19(28-24-14)16-12-22-23-20(16)17-8-4-5-10-25(17)13-15-7-6-9-18(26-2)21(15)27-3/h6-7,9,11-12,17H,4-5,8,10,13H2,1-3H3,(H,22,23)/t17-/m0/s1. The molecule has 1 aliphatic rings. The highest BCUT2D eigenvalue weighted by Crippen LogP contribution is 2.39. The third-order valence-electron chi connectivity index (χ3n) is 5.37. The lowest BCUT2D eigenvalue weighted by Crippen LogP contribution is -2.33. The Morgan fingerprint density at radius 3 is 2.89 bits per heavy atom. The first kappa shape index (κ1) is 18.6. The number of methoxy groups -OCH3 is 2. The lowest BCUT2D eigenvalue weighted by molar-refractivity contribution is 0.136. The number of nitrogens with zero attached hydrogens (tertiary/aromatic N) is 3. The van der Waals surface area contributed by atoms with E-state index in [1.165, 1.54) is 12.8 Å². The van der Waals surface area contributed by atoms with Crippen molar-refractivity contribution in [2.45, 2.75) is 38.8 Å². The van der Waals surface area contributed by atoms with Crippen molar-refractivity contribution in [2.75, 3.05) is 20.8 Å². The molecule has 3 aromatic rings. The number of hydrogen-bond acceptors (Lipinski definition) is 6. The largest absolute Gasteiger partial charge is 0.493 e. The molecule has 0 unspecified atom stereocenters. The lowest BCUT2D eigenvalue weighted by atomic mass is 9.95. The van der Waals surface area contributed by atoms with Crippen molar-refractivity contribution in [1.82, 2.24) is 20.3 Å². The molecule has 0 radical (unpaired) electrons. The van der Waals surface area contributed by atoms with Crippen LogP contribution in [0.1, 0.15) is 42.3 Å². The number of H-pyrrole nitrogens is 1. The molecule has 7 nitrogen and oxygen atoms in total. The van der Waals surface area contributed by atoms with Crippen molar-refractivity contribution in [3.8, 4) is 22.8 Å². The number of aromatic amines is 1. The maximum absolute atomic E-state index is 5.64. The maximum Gasteiger partial charge on any atom is 0.170 e. The molecule has 28 heavy (non-hydrogen) atoms. The van der Waals surface area contributed by atoms with Gasteiger partial charge in [0.15, 0.2) is 17.3 Å². The fraction of sp³-hybridized carbons (Fsp3) is 0.429. The van der Waals surface area contributed by atoms with Gasteiger partial charge in [-0.3, -0.25) is 10.00 Å². The van der Waals surface area contributed by atoms with Crippen LogP contribution in [-0.4, -0.2) is 41.0 Å². The van der Waals surface area contributed by atoms with E-state index in [1.807, 2.05) is 31.3 Å². The molecule has 0 bridgehead atoms. The second-order valence-electron chi connectivity index (χ2n) is 7.16. The molecule has 4 rings (SSSR count). The number of para-hydroxylation sites is 1. The van der Waals surface area contributed by atoms with Gasteiger partial charge >= 0.3 is 0 Å². The summed E-state index contributed by atoms with van der Waals surface area (Å²) in [4.78, 5) is 2.47. The second kappa shape index (κ2) is 8.06. The predicted molar refractivity (Wildman–Crippen MR) is 105 cm³/mol. The highest BCUT2D eigenvalue weighted by Gasteiger charge is 2.29. The fourth-order valence-corrected chi connectivity index (χ4v) is 4.04. The molecule has 0 aliphatic carbocycles. The summed E-state index contributed by atoms with van der Waals surface area (Å²) in [7, 11) is 3.36. The van der Waals surface area contributed by atoms with Gasteiger partial charge in [0.1, 0.15) is 0 Å². The third kappa shape index (κ3) is 3.49. The van der Waals surface area contributed by atoms with E-state index in [9.17, 15) is 0 Å². The van der Waals surface area contributed by atoms with Gasteiger partial charge in [-0.2, -0.15) is 5.10 Å². The van der Waals surface area contributed by atoms with Gasteiger partial charge in [-0.05, 0) is 32.4 Å². The average molecular weight is 382 g/mol. The molecular weight excluding hydrogens is 356 g/mol. The van der Waals surface area contributed by atoms with Crippen LogP contribution < -0.4 is 9.47 Å². The first-order valence-electron chi connectivity index (χ1n) is 9.62. The van der Waals surface area contributed by atoms with Crippen LogP contribution in [0.4, 0.5) is 0 Å². The van der Waals surface area contributed by atoms with Gasteiger partial charge in [-0.25, -0.2) is 0 Å². The van der Waals surface area contributed by atoms with Gasteiger partial charge in [0, 0.05) is 18.2 Å². The van der Waals surface area contributed by atoms with E-state index in [4.69, 9.17) is 14.0 Å². The zero-order chi connectivity index (χ0) is 19.5. The minimum Gasteiger partial charge on any atom is -0.493 e. The Bertz CT molecular complexity index is 933. The Morgan fingerprint density at radius 1 is 1.25 bits per heavy atom. The summed E-state index contributed by atoms with van der Waals surface area (Å²) >= 11 is 0. The SMILES string of the molecule is COc1cccc(CN2CCCC[C@H]2c2[nH]ncc2-c2cc(C)no2)c1OC. The number of rotatable bonds is 6. The van der Waals surface area contributed by atoms with Gasteiger partial charge in [-0.1, -0.05) is 23.7 Å². The molecule has 0 spiro atoms. The number of ether oxygens (including phenoxy) is 2. The van der Waals surface area contributed by atoms with E-state index < -0.39 is 0 Å². The number of aryl methyl sites for hydroxylation is 1. The monoisotopic (exact) mass is 382 g/mol. The smallest absolute Gasteiger partial charge is 0.170 e. The first-order chi connectivity index (χ1) is 13.7. The quantitative estimate of drug-likeness (QED) is 0.691. The van der Waals surface area contributed by atoms with Crippen LogP contribution in [0.5, 0.6) is 11.5 Å². The van der Waals surface area contributed by atoms with Crippen molar-refractivity contribution >= 4 is 0 Å². The van der Waals surface area contributed by atoms with Gasteiger partial charge in [0.05, 0.1) is 43.4 Å². The molecule has 0 saturated carbocycles. The van der Waals surface area contributed by atoms with Crippen molar-refractivity contribution in [3.05, 3.63) is 47.4 Å².